The van der Waals surface area contributed by atoms with E-state index in [1.807, 2.05) is 0 Å². The quantitative estimate of drug-likeness (QED) is 0.800. The van der Waals surface area contributed by atoms with E-state index in [-0.39, 0.29) is 10.8 Å². The number of aromatic nitrogens is 1. The fourth-order valence-electron chi connectivity index (χ4n) is 1.04. The lowest BCUT2D eigenvalue weighted by Crippen LogP contribution is -2.57. The Hall–Kier alpha value is -1.34. The number of anilines is 1. The summed E-state index contributed by atoms with van der Waals surface area (Å²) in [5.41, 5.74) is 6.83. The molecule has 4 nitrogen and oxygen atoms in total. The highest BCUT2D eigenvalue weighted by molar-refractivity contribution is 6.31. The molecule has 1 heterocycles. The zero-order chi connectivity index (χ0) is 13.4. The molecule has 17 heavy (non-hydrogen) atoms. The number of alkyl halides is 3. The number of nitrogens with two attached hydrogens (primary N) is 2. The zero-order valence-electron chi connectivity index (χ0n) is 8.68. The molecule has 1 atom stereocenters. The third-order valence-corrected chi connectivity index (χ3v) is 2.40. The molecule has 0 aliphatic heterocycles. The standard InChI is InChI=1S/C9H9ClF3N3O/c1-8(15,9(11,12)13)6(17)5-2-4(10)3-16-7(5)14/h2-3H,15H2,1H3,(H2,14,16). The molecule has 1 aromatic heterocycles. The van der Waals surface area contributed by atoms with Gasteiger partial charge in [0.05, 0.1) is 10.6 Å². The van der Waals surface area contributed by atoms with Crippen LogP contribution in [0.3, 0.4) is 0 Å². The van der Waals surface area contributed by atoms with Gasteiger partial charge in [0.2, 0.25) is 0 Å². The molecule has 1 unspecified atom stereocenters. The molecule has 0 spiro atoms. The Morgan fingerprint density at radius 3 is 2.47 bits per heavy atom. The van der Waals surface area contributed by atoms with E-state index in [4.69, 9.17) is 23.1 Å². The topological polar surface area (TPSA) is 82.0 Å². The Morgan fingerprint density at radius 1 is 1.47 bits per heavy atom. The van der Waals surface area contributed by atoms with Gasteiger partial charge in [0, 0.05) is 6.20 Å². The van der Waals surface area contributed by atoms with E-state index >= 15 is 0 Å². The van der Waals surface area contributed by atoms with Crippen molar-refractivity contribution < 1.29 is 18.0 Å². The van der Waals surface area contributed by atoms with Gasteiger partial charge in [-0.2, -0.15) is 13.2 Å². The average molecular weight is 268 g/mol. The van der Waals surface area contributed by atoms with Gasteiger partial charge < -0.3 is 11.5 Å². The van der Waals surface area contributed by atoms with Gasteiger partial charge in [-0.1, -0.05) is 11.6 Å². The average Bonchev–Trinajstić information content (AvgIpc) is 2.19. The Kier molecular flexibility index (Phi) is 3.35. The highest BCUT2D eigenvalue weighted by Gasteiger charge is 2.54. The van der Waals surface area contributed by atoms with Crippen LogP contribution in [0, 0.1) is 0 Å². The first-order valence-corrected chi connectivity index (χ1v) is 4.76. The molecule has 94 valence electrons. The van der Waals surface area contributed by atoms with Crippen LogP contribution in [-0.2, 0) is 0 Å². The minimum atomic E-state index is -4.89. The van der Waals surface area contributed by atoms with Crippen LogP contribution in [0.5, 0.6) is 0 Å². The fourth-order valence-corrected chi connectivity index (χ4v) is 1.20. The maximum atomic E-state index is 12.6. The zero-order valence-corrected chi connectivity index (χ0v) is 9.43. The predicted octanol–water partition coefficient (Wildman–Crippen LogP) is 1.78. The first kappa shape index (κ1) is 13.7. The number of pyridine rings is 1. The second-order valence-electron chi connectivity index (χ2n) is 3.62. The number of hydrogen-bond acceptors (Lipinski definition) is 4. The van der Waals surface area contributed by atoms with Crippen LogP contribution >= 0.6 is 11.6 Å². The number of halogens is 4. The van der Waals surface area contributed by atoms with Crippen molar-refractivity contribution >= 4 is 23.2 Å². The molecule has 0 fully saturated rings. The summed E-state index contributed by atoms with van der Waals surface area (Å²) in [6.07, 6.45) is -3.77. The van der Waals surface area contributed by atoms with E-state index in [9.17, 15) is 18.0 Å². The molecular formula is C9H9ClF3N3O. The number of Topliss-reactive ketones (excluding diaryl/α,β-unsaturated/α-hetero) is 1. The van der Waals surface area contributed by atoms with Crippen LogP contribution in [-0.4, -0.2) is 22.5 Å². The van der Waals surface area contributed by atoms with Crippen molar-refractivity contribution in [1.82, 2.24) is 4.98 Å². The van der Waals surface area contributed by atoms with Crippen LogP contribution in [0.25, 0.3) is 0 Å². The second kappa shape index (κ2) is 4.15. The summed E-state index contributed by atoms with van der Waals surface area (Å²) in [5.74, 6) is -1.72. The smallest absolute Gasteiger partial charge is 0.383 e. The van der Waals surface area contributed by atoms with Crippen molar-refractivity contribution in [2.24, 2.45) is 5.73 Å². The molecule has 8 heteroatoms. The fraction of sp³-hybridized carbons (Fsp3) is 0.333. The number of carbonyl (C=O) groups is 1. The summed E-state index contributed by atoms with van der Waals surface area (Å²) in [7, 11) is 0. The van der Waals surface area contributed by atoms with Gasteiger partial charge in [-0.15, -0.1) is 0 Å². The molecule has 0 radical (unpaired) electrons. The molecule has 1 aromatic rings. The highest BCUT2D eigenvalue weighted by Crippen LogP contribution is 2.32. The lowest BCUT2D eigenvalue weighted by atomic mass is 9.92. The molecule has 0 aliphatic rings. The van der Waals surface area contributed by atoms with Crippen molar-refractivity contribution in [2.75, 3.05) is 5.73 Å². The lowest BCUT2D eigenvalue weighted by Gasteiger charge is -2.26. The van der Waals surface area contributed by atoms with Gasteiger partial charge in [0.25, 0.3) is 0 Å². The third kappa shape index (κ3) is 2.50. The van der Waals surface area contributed by atoms with E-state index in [0.717, 1.165) is 12.3 Å². The summed E-state index contributed by atoms with van der Waals surface area (Å²) in [6, 6.07) is 1.00. The number of carbonyl (C=O) groups excluding carboxylic acids is 1. The maximum absolute atomic E-state index is 12.6. The van der Waals surface area contributed by atoms with E-state index in [0.29, 0.717) is 6.92 Å². The first-order chi connectivity index (χ1) is 7.57. The Bertz CT molecular complexity index is 459. The van der Waals surface area contributed by atoms with Crippen LogP contribution in [0.15, 0.2) is 12.3 Å². The van der Waals surface area contributed by atoms with Gasteiger partial charge in [-0.25, -0.2) is 4.98 Å². The SMILES string of the molecule is CC(N)(C(=O)c1cc(Cl)cnc1N)C(F)(F)F. The van der Waals surface area contributed by atoms with Gasteiger partial charge in [0.15, 0.2) is 11.3 Å². The van der Waals surface area contributed by atoms with Gasteiger partial charge in [-0.3, -0.25) is 4.79 Å². The molecule has 0 saturated carbocycles. The van der Waals surface area contributed by atoms with Crippen LogP contribution in [0.2, 0.25) is 5.02 Å². The van der Waals surface area contributed by atoms with Crippen molar-refractivity contribution in [3.63, 3.8) is 0 Å². The highest BCUT2D eigenvalue weighted by atomic mass is 35.5. The summed E-state index contributed by atoms with van der Waals surface area (Å²) in [5, 5.41) is 0.000486. The number of nitrogen functional groups attached to an aromatic ring is 1. The first-order valence-electron chi connectivity index (χ1n) is 4.39. The maximum Gasteiger partial charge on any atom is 0.413 e. The lowest BCUT2D eigenvalue weighted by molar-refractivity contribution is -0.165. The summed E-state index contributed by atoms with van der Waals surface area (Å²) in [4.78, 5) is 15.2. The van der Waals surface area contributed by atoms with E-state index in [2.05, 4.69) is 4.98 Å². The summed E-state index contributed by atoms with van der Waals surface area (Å²) in [6.45, 7) is 0.565. The molecule has 0 aromatic carbocycles. The van der Waals surface area contributed by atoms with Crippen molar-refractivity contribution in [2.45, 2.75) is 18.6 Å². The van der Waals surface area contributed by atoms with Crippen molar-refractivity contribution in [3.8, 4) is 0 Å². The minimum absolute atomic E-state index is 0.000486. The number of ketones is 1. The number of rotatable bonds is 2. The molecule has 0 aliphatic carbocycles. The normalized spacial score (nSPS) is 15.4. The molecule has 0 saturated heterocycles. The third-order valence-electron chi connectivity index (χ3n) is 2.19. The molecular weight excluding hydrogens is 259 g/mol. The predicted molar refractivity (Wildman–Crippen MR) is 56.6 cm³/mol. The van der Waals surface area contributed by atoms with Crippen LogP contribution < -0.4 is 11.5 Å². The van der Waals surface area contributed by atoms with E-state index < -0.39 is 23.1 Å². The second-order valence-corrected chi connectivity index (χ2v) is 4.05. The van der Waals surface area contributed by atoms with E-state index in [1.54, 1.807) is 0 Å². The van der Waals surface area contributed by atoms with Gasteiger partial charge in [-0.05, 0) is 13.0 Å². The summed E-state index contributed by atoms with van der Waals surface area (Å²) >= 11 is 5.53. The van der Waals surface area contributed by atoms with Gasteiger partial charge >= 0.3 is 6.18 Å². The number of nitrogens with zero attached hydrogens (tertiary/aromatic N) is 1. The largest absolute Gasteiger partial charge is 0.413 e. The molecule has 1 rings (SSSR count). The van der Waals surface area contributed by atoms with Crippen LogP contribution in [0.4, 0.5) is 19.0 Å². The molecule has 0 bridgehead atoms. The van der Waals surface area contributed by atoms with Crippen molar-refractivity contribution in [3.05, 3.63) is 22.8 Å². The molecule has 0 amide bonds. The van der Waals surface area contributed by atoms with Gasteiger partial charge in [0.1, 0.15) is 5.82 Å². The van der Waals surface area contributed by atoms with Crippen molar-refractivity contribution in [1.29, 1.82) is 0 Å². The van der Waals surface area contributed by atoms with E-state index in [1.165, 1.54) is 0 Å². The Labute approximate surface area is 99.8 Å². The Morgan fingerprint density at radius 2 is 2.00 bits per heavy atom. The monoisotopic (exact) mass is 267 g/mol. The van der Waals surface area contributed by atoms with Crippen LogP contribution in [0.1, 0.15) is 17.3 Å². The number of hydrogen-bond donors (Lipinski definition) is 2. The minimum Gasteiger partial charge on any atom is -0.383 e. The Balaban J connectivity index is 3.26. The summed E-state index contributed by atoms with van der Waals surface area (Å²) < 4.78 is 37.7. The molecule has 4 N–H and O–H groups in total.